The molecule has 7 heteroatoms. The number of hydrazone groups is 1. The summed E-state index contributed by atoms with van der Waals surface area (Å²) in [7, 11) is 0. The summed E-state index contributed by atoms with van der Waals surface area (Å²) in [4.78, 5) is 21.4. The van der Waals surface area contributed by atoms with Crippen LogP contribution in [0.3, 0.4) is 0 Å². The monoisotopic (exact) mass is 211 g/mol. The fourth-order valence-electron chi connectivity index (χ4n) is 1.48. The largest absolute Gasteiger partial charge is 0.449 e. The van der Waals surface area contributed by atoms with E-state index in [1.165, 1.54) is 6.26 Å². The molecule has 0 aromatic rings. The van der Waals surface area contributed by atoms with E-state index in [9.17, 15) is 14.9 Å². The molecule has 2 aliphatic rings. The second kappa shape index (κ2) is 3.68. The Kier molecular flexibility index (Phi) is 2.36. The van der Waals surface area contributed by atoms with Gasteiger partial charge in [-0.1, -0.05) is 0 Å². The quantitative estimate of drug-likeness (QED) is 0.490. The molecule has 0 bridgehead atoms. The number of hydrogen-bond donors (Lipinski definition) is 0. The molecule has 0 saturated carbocycles. The Morgan fingerprint density at radius 1 is 1.67 bits per heavy atom. The highest BCUT2D eigenvalue weighted by molar-refractivity contribution is 5.84. The normalized spacial score (nSPS) is 27.5. The molecule has 7 nitrogen and oxygen atoms in total. The standard InChI is InChI=1S/C8H9N3O4/c12-8-4-3-7(11(13)14)10(8)9-6-2-1-5-15-6/h1,5,7H,2-4H2. The van der Waals surface area contributed by atoms with Crippen LogP contribution in [0, 0.1) is 10.1 Å². The molecule has 1 unspecified atom stereocenters. The van der Waals surface area contributed by atoms with E-state index in [-0.39, 0.29) is 18.7 Å². The number of ether oxygens (including phenoxy) is 1. The first-order valence-electron chi connectivity index (χ1n) is 4.53. The molecule has 1 saturated heterocycles. The van der Waals surface area contributed by atoms with Crippen LogP contribution in [-0.2, 0) is 9.53 Å². The van der Waals surface area contributed by atoms with Crippen LogP contribution in [-0.4, -0.2) is 27.9 Å². The zero-order valence-electron chi connectivity index (χ0n) is 7.83. The first-order valence-corrected chi connectivity index (χ1v) is 4.53. The molecule has 0 radical (unpaired) electrons. The number of amides is 1. The number of nitro groups is 1. The van der Waals surface area contributed by atoms with E-state index in [4.69, 9.17) is 4.74 Å². The van der Waals surface area contributed by atoms with Gasteiger partial charge in [-0.3, -0.25) is 14.9 Å². The molecule has 2 aliphatic heterocycles. The van der Waals surface area contributed by atoms with Gasteiger partial charge in [-0.05, 0) is 6.08 Å². The van der Waals surface area contributed by atoms with E-state index in [1.807, 2.05) is 0 Å². The minimum absolute atomic E-state index is 0.163. The van der Waals surface area contributed by atoms with Crippen LogP contribution in [0.5, 0.6) is 0 Å². The zero-order chi connectivity index (χ0) is 10.8. The van der Waals surface area contributed by atoms with Crippen molar-refractivity contribution in [3.63, 3.8) is 0 Å². The highest BCUT2D eigenvalue weighted by atomic mass is 16.6. The van der Waals surface area contributed by atoms with Gasteiger partial charge >= 0.3 is 6.17 Å². The first kappa shape index (κ1) is 9.63. The Bertz CT molecular complexity index is 353. The summed E-state index contributed by atoms with van der Waals surface area (Å²) in [6, 6.07) is 0. The predicted octanol–water partition coefficient (Wildman–Crippen LogP) is 0.459. The maximum Gasteiger partial charge on any atom is 0.308 e. The molecule has 0 aliphatic carbocycles. The molecule has 15 heavy (non-hydrogen) atoms. The van der Waals surface area contributed by atoms with Crippen LogP contribution in [0.4, 0.5) is 0 Å². The molecular weight excluding hydrogens is 202 g/mol. The molecule has 0 spiro atoms. The second-order valence-electron chi connectivity index (χ2n) is 3.23. The molecule has 2 rings (SSSR count). The fraction of sp³-hybridized carbons (Fsp3) is 0.500. The van der Waals surface area contributed by atoms with Crippen LogP contribution in [0.1, 0.15) is 19.3 Å². The van der Waals surface area contributed by atoms with Crippen molar-refractivity contribution in [2.45, 2.75) is 25.4 Å². The third kappa shape index (κ3) is 1.80. The summed E-state index contributed by atoms with van der Waals surface area (Å²) in [6.45, 7) is 0. The summed E-state index contributed by atoms with van der Waals surface area (Å²) in [5, 5.41) is 15.4. The minimum atomic E-state index is -1.05. The molecule has 1 amide bonds. The van der Waals surface area contributed by atoms with Gasteiger partial charge in [0.1, 0.15) is 0 Å². The first-order chi connectivity index (χ1) is 7.18. The van der Waals surface area contributed by atoms with E-state index in [1.54, 1.807) is 6.08 Å². The lowest BCUT2D eigenvalue weighted by Gasteiger charge is -2.12. The molecule has 0 aromatic carbocycles. The molecule has 80 valence electrons. The summed E-state index contributed by atoms with van der Waals surface area (Å²) in [5.41, 5.74) is 0. The Morgan fingerprint density at radius 2 is 2.47 bits per heavy atom. The second-order valence-corrected chi connectivity index (χ2v) is 3.23. The van der Waals surface area contributed by atoms with Gasteiger partial charge in [-0.2, -0.15) is 5.01 Å². The van der Waals surface area contributed by atoms with E-state index < -0.39 is 11.1 Å². The van der Waals surface area contributed by atoms with Gasteiger partial charge in [0, 0.05) is 24.2 Å². The Labute approximate surface area is 85.1 Å². The maximum absolute atomic E-state index is 11.3. The van der Waals surface area contributed by atoms with Gasteiger partial charge in [0.15, 0.2) is 0 Å². The van der Waals surface area contributed by atoms with Gasteiger partial charge in [-0.15, -0.1) is 5.10 Å². The van der Waals surface area contributed by atoms with Crippen LogP contribution in [0.25, 0.3) is 0 Å². The van der Waals surface area contributed by atoms with E-state index in [0.717, 1.165) is 5.01 Å². The maximum atomic E-state index is 11.3. The van der Waals surface area contributed by atoms with Crippen molar-refractivity contribution in [2.75, 3.05) is 0 Å². The lowest BCUT2D eigenvalue weighted by molar-refractivity contribution is -0.543. The van der Waals surface area contributed by atoms with Crippen molar-refractivity contribution < 1.29 is 14.5 Å². The summed E-state index contributed by atoms with van der Waals surface area (Å²) >= 11 is 0. The van der Waals surface area contributed by atoms with Gasteiger partial charge in [0.25, 0.3) is 0 Å². The fourth-order valence-corrected chi connectivity index (χ4v) is 1.48. The van der Waals surface area contributed by atoms with Crippen molar-refractivity contribution >= 4 is 11.8 Å². The number of rotatable bonds is 2. The Balaban J connectivity index is 2.14. The van der Waals surface area contributed by atoms with Gasteiger partial charge in [-0.25, -0.2) is 0 Å². The lowest BCUT2D eigenvalue weighted by Crippen LogP contribution is -2.35. The van der Waals surface area contributed by atoms with Crippen molar-refractivity contribution in [3.8, 4) is 0 Å². The van der Waals surface area contributed by atoms with E-state index in [2.05, 4.69) is 5.10 Å². The average Bonchev–Trinajstić information content (AvgIpc) is 2.78. The van der Waals surface area contributed by atoms with Crippen molar-refractivity contribution in [1.82, 2.24) is 5.01 Å². The summed E-state index contributed by atoms with van der Waals surface area (Å²) < 4.78 is 4.94. The third-order valence-corrected chi connectivity index (χ3v) is 2.21. The van der Waals surface area contributed by atoms with E-state index >= 15 is 0 Å². The topological polar surface area (TPSA) is 85.0 Å². The van der Waals surface area contributed by atoms with Gasteiger partial charge < -0.3 is 4.74 Å². The zero-order valence-corrected chi connectivity index (χ0v) is 7.83. The molecular formula is C8H9N3O4. The molecule has 1 atom stereocenters. The van der Waals surface area contributed by atoms with Gasteiger partial charge in [0.2, 0.25) is 11.8 Å². The molecule has 1 fully saturated rings. The SMILES string of the molecule is O=C1CCC([N+](=O)[O-])N1N=C1CC=CO1. The highest BCUT2D eigenvalue weighted by Gasteiger charge is 2.40. The number of carbonyl (C=O) groups excluding carboxylic acids is 1. The smallest absolute Gasteiger partial charge is 0.308 e. The Hall–Kier alpha value is -1.92. The van der Waals surface area contributed by atoms with Crippen LogP contribution in [0.2, 0.25) is 0 Å². The van der Waals surface area contributed by atoms with Crippen molar-refractivity contribution in [2.24, 2.45) is 5.10 Å². The predicted molar refractivity (Wildman–Crippen MR) is 49.1 cm³/mol. The number of hydrogen-bond acceptors (Lipinski definition) is 5. The van der Waals surface area contributed by atoms with Gasteiger partial charge in [0.05, 0.1) is 6.26 Å². The van der Waals surface area contributed by atoms with Crippen molar-refractivity contribution in [3.05, 3.63) is 22.5 Å². The van der Waals surface area contributed by atoms with Crippen LogP contribution < -0.4 is 0 Å². The average molecular weight is 211 g/mol. The summed E-state index contributed by atoms with van der Waals surface area (Å²) in [6.07, 6.45) is 2.95. The summed E-state index contributed by atoms with van der Waals surface area (Å²) in [5.74, 6) is -0.0169. The molecule has 2 heterocycles. The van der Waals surface area contributed by atoms with Crippen LogP contribution >= 0.6 is 0 Å². The third-order valence-electron chi connectivity index (χ3n) is 2.21. The number of carbonyl (C=O) groups is 1. The van der Waals surface area contributed by atoms with Crippen molar-refractivity contribution in [1.29, 1.82) is 0 Å². The van der Waals surface area contributed by atoms with E-state index in [0.29, 0.717) is 12.3 Å². The van der Waals surface area contributed by atoms with Crippen LogP contribution in [0.15, 0.2) is 17.4 Å². The lowest BCUT2D eigenvalue weighted by atomic mass is 10.3. The minimum Gasteiger partial charge on any atom is -0.449 e. The number of nitrogens with zero attached hydrogens (tertiary/aromatic N) is 3. The molecule has 0 aromatic heterocycles. The Morgan fingerprint density at radius 3 is 3.07 bits per heavy atom. The molecule has 0 N–H and O–H groups in total. The highest BCUT2D eigenvalue weighted by Crippen LogP contribution is 2.20.